The van der Waals surface area contributed by atoms with Crippen LogP contribution in [0.15, 0.2) is 12.2 Å². The van der Waals surface area contributed by atoms with Crippen molar-refractivity contribution >= 4 is 16.7 Å². The Hall–Kier alpha value is -0.680. The van der Waals surface area contributed by atoms with Gasteiger partial charge < -0.3 is 11.1 Å². The molecule has 0 bridgehead atoms. The minimum Gasteiger partial charge on any atom is -0.356 e. The summed E-state index contributed by atoms with van der Waals surface area (Å²) in [5, 5.41) is 2.98. The third kappa shape index (κ3) is 4.06. The maximum absolute atomic E-state index is 11.6. The molecule has 0 saturated heterocycles. The number of nitrogens with two attached hydrogens (primary N) is 1. The van der Waals surface area contributed by atoms with Crippen molar-refractivity contribution in [2.45, 2.75) is 31.1 Å². The molecule has 4 atom stereocenters. The molecule has 0 aromatic heterocycles. The first kappa shape index (κ1) is 13.4. The van der Waals surface area contributed by atoms with Crippen molar-refractivity contribution in [3.05, 3.63) is 12.2 Å². The highest BCUT2D eigenvalue weighted by atomic mass is 32.2. The van der Waals surface area contributed by atoms with Gasteiger partial charge in [0, 0.05) is 34.9 Å². The fraction of sp³-hybridized carbons (Fsp3) is 0.727. The summed E-state index contributed by atoms with van der Waals surface area (Å²) in [7, 11) is -0.818. The Bertz CT molecular complexity index is 304. The lowest BCUT2D eigenvalue weighted by Crippen LogP contribution is -2.32. The highest BCUT2D eigenvalue weighted by molar-refractivity contribution is 7.84. The molecule has 1 amide bonds. The molecule has 0 heterocycles. The van der Waals surface area contributed by atoms with Crippen LogP contribution in [0.4, 0.5) is 0 Å². The summed E-state index contributed by atoms with van der Waals surface area (Å²) in [6.45, 7) is 2.51. The van der Waals surface area contributed by atoms with Crippen LogP contribution in [-0.2, 0) is 15.6 Å². The number of hydrogen-bond acceptors (Lipinski definition) is 3. The monoisotopic (exact) mass is 244 g/mol. The molecule has 0 fully saturated rings. The minimum atomic E-state index is -0.818. The van der Waals surface area contributed by atoms with Gasteiger partial charge in [-0.25, -0.2) is 0 Å². The van der Waals surface area contributed by atoms with Gasteiger partial charge in [-0.2, -0.15) is 0 Å². The Labute approximate surface area is 99.1 Å². The molecule has 4 nitrogen and oxygen atoms in total. The van der Waals surface area contributed by atoms with E-state index in [4.69, 9.17) is 5.73 Å². The summed E-state index contributed by atoms with van der Waals surface area (Å²) in [5.41, 5.74) is 5.67. The molecule has 0 aromatic rings. The van der Waals surface area contributed by atoms with Gasteiger partial charge in [-0.15, -0.1) is 0 Å². The molecule has 0 aromatic carbocycles. The second kappa shape index (κ2) is 6.15. The number of hydrogen-bond donors (Lipinski definition) is 2. The molecule has 16 heavy (non-hydrogen) atoms. The number of carbonyl (C=O) groups excluding carboxylic acids is 1. The summed E-state index contributed by atoms with van der Waals surface area (Å²) in [5.74, 6) is -0.0595. The molecule has 1 aliphatic rings. The summed E-state index contributed by atoms with van der Waals surface area (Å²) in [6, 6.07) is 0.0119. The van der Waals surface area contributed by atoms with E-state index >= 15 is 0 Å². The van der Waals surface area contributed by atoms with Crippen molar-refractivity contribution in [2.24, 2.45) is 11.7 Å². The van der Waals surface area contributed by atoms with Crippen LogP contribution in [0.25, 0.3) is 0 Å². The Kier molecular flexibility index (Phi) is 5.15. The van der Waals surface area contributed by atoms with Crippen LogP contribution in [0.2, 0.25) is 0 Å². The zero-order valence-electron chi connectivity index (χ0n) is 9.81. The van der Waals surface area contributed by atoms with Crippen LogP contribution in [0.5, 0.6) is 0 Å². The first-order valence-electron chi connectivity index (χ1n) is 5.54. The number of amides is 1. The van der Waals surface area contributed by atoms with Crippen LogP contribution >= 0.6 is 0 Å². The average Bonchev–Trinajstić information content (AvgIpc) is 2.64. The molecule has 0 radical (unpaired) electrons. The van der Waals surface area contributed by atoms with E-state index in [1.165, 1.54) is 0 Å². The van der Waals surface area contributed by atoms with Crippen LogP contribution in [0, 0.1) is 5.92 Å². The summed E-state index contributed by atoms with van der Waals surface area (Å²) < 4.78 is 11.1. The molecule has 1 rings (SSSR count). The molecule has 1 aliphatic carbocycles. The standard InChI is InChI=1S/C11H20N2O2S/c1-8(16(2)15)5-6-13-11(14)9-3-4-10(12)7-9/h3-4,8-10H,5-7,12H2,1-2H3,(H,13,14). The SMILES string of the molecule is CC(CCNC(=O)C1C=CC(N)C1)S(C)=O. The number of rotatable bonds is 5. The van der Waals surface area contributed by atoms with Crippen molar-refractivity contribution in [3.8, 4) is 0 Å². The topological polar surface area (TPSA) is 72.2 Å². The van der Waals surface area contributed by atoms with E-state index in [2.05, 4.69) is 5.32 Å². The van der Waals surface area contributed by atoms with Crippen molar-refractivity contribution < 1.29 is 9.00 Å². The molecule has 92 valence electrons. The Morgan fingerprint density at radius 1 is 1.62 bits per heavy atom. The van der Waals surface area contributed by atoms with Gasteiger partial charge in [0.25, 0.3) is 0 Å². The average molecular weight is 244 g/mol. The number of nitrogens with one attached hydrogen (secondary N) is 1. The zero-order chi connectivity index (χ0) is 12.1. The maximum Gasteiger partial charge on any atom is 0.226 e. The van der Waals surface area contributed by atoms with Crippen molar-refractivity contribution in [3.63, 3.8) is 0 Å². The van der Waals surface area contributed by atoms with Crippen molar-refractivity contribution in [1.82, 2.24) is 5.32 Å². The first-order chi connectivity index (χ1) is 7.50. The van der Waals surface area contributed by atoms with Gasteiger partial charge >= 0.3 is 0 Å². The van der Waals surface area contributed by atoms with Gasteiger partial charge in [-0.05, 0) is 12.8 Å². The predicted octanol–water partition coefficient (Wildman–Crippen LogP) is 0.163. The largest absolute Gasteiger partial charge is 0.356 e. The Balaban J connectivity index is 2.21. The first-order valence-corrected chi connectivity index (χ1v) is 7.16. The van der Waals surface area contributed by atoms with Crippen LogP contribution < -0.4 is 11.1 Å². The fourth-order valence-corrected chi connectivity index (χ4v) is 2.07. The van der Waals surface area contributed by atoms with Gasteiger partial charge in [-0.3, -0.25) is 9.00 Å². The van der Waals surface area contributed by atoms with Gasteiger partial charge in [0.2, 0.25) is 5.91 Å². The van der Waals surface area contributed by atoms with Crippen LogP contribution in [-0.4, -0.2) is 34.2 Å². The fourth-order valence-electron chi connectivity index (χ4n) is 1.62. The van der Waals surface area contributed by atoms with Gasteiger partial charge in [-0.1, -0.05) is 19.1 Å². The van der Waals surface area contributed by atoms with E-state index in [9.17, 15) is 9.00 Å². The zero-order valence-corrected chi connectivity index (χ0v) is 10.6. The third-order valence-electron chi connectivity index (χ3n) is 2.87. The molecule has 3 N–H and O–H groups in total. The highest BCUT2D eigenvalue weighted by Crippen LogP contribution is 2.16. The lowest BCUT2D eigenvalue weighted by molar-refractivity contribution is -0.123. The van der Waals surface area contributed by atoms with Crippen LogP contribution in [0.3, 0.4) is 0 Å². The highest BCUT2D eigenvalue weighted by Gasteiger charge is 2.22. The summed E-state index contributed by atoms with van der Waals surface area (Å²) in [4.78, 5) is 11.6. The Morgan fingerprint density at radius 2 is 2.31 bits per heavy atom. The normalized spacial score (nSPS) is 27.7. The van der Waals surface area contributed by atoms with Gasteiger partial charge in [0.05, 0.1) is 5.92 Å². The molecule has 5 heteroatoms. The van der Waals surface area contributed by atoms with Crippen molar-refractivity contribution in [1.29, 1.82) is 0 Å². The molecular formula is C11H20N2O2S. The van der Waals surface area contributed by atoms with E-state index in [0.29, 0.717) is 13.0 Å². The summed E-state index contributed by atoms with van der Waals surface area (Å²) in [6.07, 6.45) is 6.86. The quantitative estimate of drug-likeness (QED) is 0.677. The molecule has 0 saturated carbocycles. The van der Waals surface area contributed by atoms with Crippen LogP contribution in [0.1, 0.15) is 19.8 Å². The van der Waals surface area contributed by atoms with Gasteiger partial charge in [0.1, 0.15) is 0 Å². The minimum absolute atomic E-state index is 0.0119. The van der Waals surface area contributed by atoms with E-state index < -0.39 is 10.8 Å². The van der Waals surface area contributed by atoms with E-state index in [1.807, 2.05) is 19.1 Å². The van der Waals surface area contributed by atoms with Gasteiger partial charge in [0.15, 0.2) is 0 Å². The van der Waals surface area contributed by atoms with Crippen molar-refractivity contribution in [2.75, 3.05) is 12.8 Å². The molecule has 4 unspecified atom stereocenters. The smallest absolute Gasteiger partial charge is 0.226 e. The second-order valence-corrected chi connectivity index (χ2v) is 6.08. The molecular weight excluding hydrogens is 224 g/mol. The maximum atomic E-state index is 11.6. The van der Waals surface area contributed by atoms with E-state index in [1.54, 1.807) is 6.26 Å². The van der Waals surface area contributed by atoms with E-state index in [-0.39, 0.29) is 23.1 Å². The van der Waals surface area contributed by atoms with E-state index in [0.717, 1.165) is 6.42 Å². The predicted molar refractivity (Wildman–Crippen MR) is 66.4 cm³/mol. The summed E-state index contributed by atoms with van der Waals surface area (Å²) >= 11 is 0. The lowest BCUT2D eigenvalue weighted by atomic mass is 10.1. The molecule has 0 spiro atoms. The second-order valence-electron chi connectivity index (χ2n) is 4.28. The molecule has 0 aliphatic heterocycles. The lowest BCUT2D eigenvalue weighted by Gasteiger charge is -2.12. The Morgan fingerprint density at radius 3 is 2.81 bits per heavy atom. The third-order valence-corrected chi connectivity index (χ3v) is 4.24. The number of carbonyl (C=O) groups is 1.